The number of methoxy groups -OCH3 is 1. The van der Waals surface area contributed by atoms with Crippen LogP contribution in [0.15, 0.2) is 0 Å². The molecule has 128 valence electrons. The summed E-state index contributed by atoms with van der Waals surface area (Å²) in [6, 6.07) is 0. The van der Waals surface area contributed by atoms with Crippen molar-refractivity contribution in [2.45, 2.75) is 33.1 Å². The standard InChI is InChI=1S/C17H28N4O2/c1-4-5-6-14-12(2)19-16(18)20-15(14)21-7-13-8-23-11-17(13,9-21)10-22-3/h13H,4-11H2,1-3H3,(H2,18,19,20)/t13-,17-/m0/s1. The minimum absolute atomic E-state index is 0.0877. The third-order valence-corrected chi connectivity index (χ3v) is 5.24. The Hall–Kier alpha value is -1.40. The molecule has 0 amide bonds. The Labute approximate surface area is 138 Å². The van der Waals surface area contributed by atoms with Crippen LogP contribution in [0, 0.1) is 18.3 Å². The van der Waals surface area contributed by atoms with Gasteiger partial charge in [0.05, 0.1) is 19.8 Å². The van der Waals surface area contributed by atoms with Gasteiger partial charge in [0.25, 0.3) is 0 Å². The van der Waals surface area contributed by atoms with Gasteiger partial charge in [-0.3, -0.25) is 0 Å². The zero-order valence-electron chi connectivity index (χ0n) is 14.5. The predicted octanol–water partition coefficient (Wildman–Crippen LogP) is 1.81. The van der Waals surface area contributed by atoms with Crippen LogP contribution in [0.4, 0.5) is 11.8 Å². The lowest BCUT2D eigenvalue weighted by molar-refractivity contribution is 0.0660. The van der Waals surface area contributed by atoms with Crippen LogP contribution in [0.3, 0.4) is 0 Å². The highest BCUT2D eigenvalue weighted by Crippen LogP contribution is 2.43. The Morgan fingerprint density at radius 3 is 3.00 bits per heavy atom. The van der Waals surface area contributed by atoms with Gasteiger partial charge in [0.1, 0.15) is 5.82 Å². The lowest BCUT2D eigenvalue weighted by atomic mass is 9.82. The van der Waals surface area contributed by atoms with E-state index in [-0.39, 0.29) is 5.41 Å². The van der Waals surface area contributed by atoms with Gasteiger partial charge in [0.2, 0.25) is 5.95 Å². The zero-order chi connectivity index (χ0) is 16.4. The molecule has 2 aliphatic rings. The molecular weight excluding hydrogens is 292 g/mol. The van der Waals surface area contributed by atoms with Crippen molar-refractivity contribution in [3.05, 3.63) is 11.3 Å². The SMILES string of the molecule is CCCCc1c(C)nc(N)nc1N1C[C@H]2COC[C@@]2(COC)C1. The summed E-state index contributed by atoms with van der Waals surface area (Å²) in [5.74, 6) is 1.89. The quantitative estimate of drug-likeness (QED) is 0.862. The maximum absolute atomic E-state index is 5.93. The molecule has 6 nitrogen and oxygen atoms in total. The van der Waals surface area contributed by atoms with Crippen LogP contribution in [0.5, 0.6) is 0 Å². The second-order valence-electron chi connectivity index (χ2n) is 6.96. The smallest absolute Gasteiger partial charge is 0.222 e. The van der Waals surface area contributed by atoms with E-state index in [1.165, 1.54) is 5.56 Å². The maximum atomic E-state index is 5.93. The number of ether oxygens (including phenoxy) is 2. The number of hydrogen-bond acceptors (Lipinski definition) is 6. The molecule has 1 aromatic heterocycles. The zero-order valence-corrected chi connectivity index (χ0v) is 14.5. The van der Waals surface area contributed by atoms with E-state index in [2.05, 4.69) is 21.8 Å². The molecule has 3 rings (SSSR count). The van der Waals surface area contributed by atoms with E-state index in [4.69, 9.17) is 15.2 Å². The van der Waals surface area contributed by atoms with E-state index in [1.807, 2.05) is 6.92 Å². The summed E-state index contributed by atoms with van der Waals surface area (Å²) in [6.45, 7) is 8.43. The molecular formula is C17H28N4O2. The van der Waals surface area contributed by atoms with Crippen LogP contribution < -0.4 is 10.6 Å². The molecule has 0 saturated carbocycles. The lowest BCUT2D eigenvalue weighted by Crippen LogP contribution is -2.35. The van der Waals surface area contributed by atoms with Crippen molar-refractivity contribution in [1.29, 1.82) is 0 Å². The number of aryl methyl sites for hydroxylation is 1. The van der Waals surface area contributed by atoms with Crippen LogP contribution >= 0.6 is 0 Å². The van der Waals surface area contributed by atoms with Crippen molar-refractivity contribution in [2.75, 3.05) is 50.7 Å². The first-order valence-corrected chi connectivity index (χ1v) is 8.54. The van der Waals surface area contributed by atoms with Crippen molar-refractivity contribution in [2.24, 2.45) is 11.3 Å². The highest BCUT2D eigenvalue weighted by Gasteiger charge is 2.51. The molecule has 0 unspecified atom stereocenters. The van der Waals surface area contributed by atoms with Crippen LogP contribution in [0.1, 0.15) is 31.0 Å². The molecule has 2 saturated heterocycles. The first-order valence-electron chi connectivity index (χ1n) is 8.54. The summed E-state index contributed by atoms with van der Waals surface area (Å²) in [7, 11) is 1.77. The molecule has 6 heteroatoms. The topological polar surface area (TPSA) is 73.5 Å². The van der Waals surface area contributed by atoms with Gasteiger partial charge in [-0.1, -0.05) is 13.3 Å². The van der Waals surface area contributed by atoms with E-state index < -0.39 is 0 Å². The predicted molar refractivity (Wildman–Crippen MR) is 90.6 cm³/mol. The van der Waals surface area contributed by atoms with Gasteiger partial charge in [-0.15, -0.1) is 0 Å². The lowest BCUT2D eigenvalue weighted by Gasteiger charge is -2.27. The molecule has 0 spiro atoms. The summed E-state index contributed by atoms with van der Waals surface area (Å²) < 4.78 is 11.2. The Kier molecular flexibility index (Phi) is 4.73. The van der Waals surface area contributed by atoms with E-state index in [0.717, 1.165) is 63.7 Å². The van der Waals surface area contributed by atoms with Crippen molar-refractivity contribution < 1.29 is 9.47 Å². The number of fused-ring (bicyclic) bond motifs is 1. The Morgan fingerprint density at radius 1 is 1.43 bits per heavy atom. The second kappa shape index (κ2) is 6.61. The van der Waals surface area contributed by atoms with E-state index in [0.29, 0.717) is 11.9 Å². The number of rotatable bonds is 6. The fraction of sp³-hybridized carbons (Fsp3) is 0.765. The first kappa shape index (κ1) is 16.5. The van der Waals surface area contributed by atoms with Crippen molar-refractivity contribution in [3.63, 3.8) is 0 Å². The molecule has 0 aromatic carbocycles. The molecule has 0 aliphatic carbocycles. The second-order valence-corrected chi connectivity index (χ2v) is 6.96. The van der Waals surface area contributed by atoms with Gasteiger partial charge in [0, 0.05) is 42.8 Å². The van der Waals surface area contributed by atoms with E-state index >= 15 is 0 Å². The summed E-state index contributed by atoms with van der Waals surface area (Å²) in [4.78, 5) is 11.4. The van der Waals surface area contributed by atoms with E-state index in [9.17, 15) is 0 Å². The third-order valence-electron chi connectivity index (χ3n) is 5.24. The number of unbranched alkanes of at least 4 members (excludes halogenated alkanes) is 1. The average Bonchev–Trinajstić information content (AvgIpc) is 3.02. The summed E-state index contributed by atoms with van der Waals surface area (Å²) in [5.41, 5.74) is 8.28. The Bertz CT molecular complexity index is 566. The normalized spacial score (nSPS) is 26.7. The van der Waals surface area contributed by atoms with Crippen molar-refractivity contribution >= 4 is 11.8 Å². The number of anilines is 2. The summed E-state index contributed by atoms with van der Waals surface area (Å²) >= 11 is 0. The third kappa shape index (κ3) is 3.02. The minimum Gasteiger partial charge on any atom is -0.384 e. The van der Waals surface area contributed by atoms with E-state index in [1.54, 1.807) is 7.11 Å². The first-order chi connectivity index (χ1) is 11.1. The molecule has 2 aliphatic heterocycles. The number of nitrogen functional groups attached to an aromatic ring is 1. The van der Waals surface area contributed by atoms with Gasteiger partial charge < -0.3 is 20.1 Å². The Balaban J connectivity index is 1.90. The fourth-order valence-corrected chi connectivity index (χ4v) is 3.99. The molecule has 23 heavy (non-hydrogen) atoms. The molecule has 0 bridgehead atoms. The minimum atomic E-state index is 0.0877. The largest absolute Gasteiger partial charge is 0.384 e. The number of nitrogens with two attached hydrogens (primary N) is 1. The van der Waals surface area contributed by atoms with Crippen LogP contribution in [-0.4, -0.2) is 50.0 Å². The number of aromatic nitrogens is 2. The van der Waals surface area contributed by atoms with Crippen molar-refractivity contribution in [1.82, 2.24) is 9.97 Å². The molecule has 3 heterocycles. The van der Waals surface area contributed by atoms with Crippen molar-refractivity contribution in [3.8, 4) is 0 Å². The molecule has 2 N–H and O–H groups in total. The van der Waals surface area contributed by atoms with Crippen LogP contribution in [0.25, 0.3) is 0 Å². The van der Waals surface area contributed by atoms with Gasteiger partial charge in [0.15, 0.2) is 0 Å². The molecule has 1 aromatic rings. The summed E-state index contributed by atoms with van der Waals surface area (Å²) in [6.07, 6.45) is 3.31. The fourth-order valence-electron chi connectivity index (χ4n) is 3.99. The molecule has 2 fully saturated rings. The van der Waals surface area contributed by atoms with Crippen LogP contribution in [-0.2, 0) is 15.9 Å². The van der Waals surface area contributed by atoms with Gasteiger partial charge >= 0.3 is 0 Å². The monoisotopic (exact) mass is 320 g/mol. The Morgan fingerprint density at radius 2 is 2.26 bits per heavy atom. The highest BCUT2D eigenvalue weighted by molar-refractivity contribution is 5.53. The van der Waals surface area contributed by atoms with Crippen LogP contribution in [0.2, 0.25) is 0 Å². The number of nitrogens with zero attached hydrogens (tertiary/aromatic N) is 3. The molecule has 2 atom stereocenters. The maximum Gasteiger partial charge on any atom is 0.222 e. The highest BCUT2D eigenvalue weighted by atomic mass is 16.5. The van der Waals surface area contributed by atoms with Gasteiger partial charge in [-0.2, -0.15) is 4.98 Å². The molecule has 0 radical (unpaired) electrons. The van der Waals surface area contributed by atoms with Gasteiger partial charge in [-0.25, -0.2) is 4.98 Å². The van der Waals surface area contributed by atoms with Gasteiger partial charge in [-0.05, 0) is 19.8 Å². The average molecular weight is 320 g/mol. The summed E-state index contributed by atoms with van der Waals surface area (Å²) in [5, 5.41) is 0. The number of hydrogen-bond donors (Lipinski definition) is 1.